The van der Waals surface area contributed by atoms with Gasteiger partial charge in [0.25, 0.3) is 0 Å². The molecule has 0 radical (unpaired) electrons. The van der Waals surface area contributed by atoms with Crippen LogP contribution in [0.4, 0.5) is 0 Å². The fraction of sp³-hybridized carbons (Fsp3) is 0.636. The molecular weight excluding hydrogens is 192 g/mol. The molecule has 0 fully saturated rings. The van der Waals surface area contributed by atoms with Crippen molar-refractivity contribution in [3.05, 3.63) is 23.3 Å². The lowest BCUT2D eigenvalue weighted by Crippen LogP contribution is -2.12. The molecule has 1 rings (SSSR count). The number of hydrogen-bond donors (Lipinski definition) is 1. The van der Waals surface area contributed by atoms with E-state index in [4.69, 9.17) is 4.74 Å². The number of rotatable bonds is 4. The summed E-state index contributed by atoms with van der Waals surface area (Å²) in [4.78, 5) is 8.53. The van der Waals surface area contributed by atoms with E-state index in [0.29, 0.717) is 6.42 Å². The van der Waals surface area contributed by atoms with Gasteiger partial charge in [-0.2, -0.15) is 0 Å². The van der Waals surface area contributed by atoms with Crippen molar-refractivity contribution < 1.29 is 9.84 Å². The van der Waals surface area contributed by atoms with Crippen molar-refractivity contribution in [1.82, 2.24) is 9.97 Å². The maximum atomic E-state index is 9.42. The summed E-state index contributed by atoms with van der Waals surface area (Å²) in [5.41, 5.74) is 1.61. The molecule has 0 aliphatic rings. The van der Waals surface area contributed by atoms with Crippen LogP contribution in [0.3, 0.4) is 0 Å². The lowest BCUT2D eigenvalue weighted by atomic mass is 10.1. The molecule has 0 spiro atoms. The summed E-state index contributed by atoms with van der Waals surface area (Å²) in [5.74, 6) is 0.756. The van der Waals surface area contributed by atoms with Gasteiger partial charge in [-0.25, -0.2) is 9.97 Å². The summed E-state index contributed by atoms with van der Waals surface area (Å²) in [6, 6.07) is 0. The molecule has 2 atom stereocenters. The maximum Gasteiger partial charge on any atom is 0.131 e. The highest BCUT2D eigenvalue weighted by atomic mass is 16.5. The van der Waals surface area contributed by atoms with E-state index in [9.17, 15) is 5.11 Å². The number of ether oxygens (including phenoxy) is 1. The van der Waals surface area contributed by atoms with Crippen LogP contribution < -0.4 is 0 Å². The van der Waals surface area contributed by atoms with E-state index >= 15 is 0 Å². The third-order valence-corrected chi connectivity index (χ3v) is 2.39. The molecule has 1 unspecified atom stereocenters. The van der Waals surface area contributed by atoms with E-state index < -0.39 is 6.10 Å². The van der Waals surface area contributed by atoms with Crippen LogP contribution in [0.5, 0.6) is 0 Å². The molecule has 1 aromatic heterocycles. The van der Waals surface area contributed by atoms with Gasteiger partial charge in [0.1, 0.15) is 5.82 Å². The number of aryl methyl sites for hydroxylation is 1. The normalized spacial score (nSPS) is 15.0. The van der Waals surface area contributed by atoms with Crippen LogP contribution in [0.15, 0.2) is 6.20 Å². The minimum atomic E-state index is -0.515. The van der Waals surface area contributed by atoms with Gasteiger partial charge >= 0.3 is 0 Å². The summed E-state index contributed by atoms with van der Waals surface area (Å²) in [7, 11) is 1.67. The smallest absolute Gasteiger partial charge is 0.131 e. The highest BCUT2D eigenvalue weighted by Gasteiger charge is 2.09. The van der Waals surface area contributed by atoms with Crippen molar-refractivity contribution >= 4 is 0 Å². The molecule has 1 N–H and O–H groups in total. The second kappa shape index (κ2) is 5.19. The van der Waals surface area contributed by atoms with Gasteiger partial charge in [0, 0.05) is 31.0 Å². The Kier molecular flexibility index (Phi) is 4.17. The predicted octanol–water partition coefficient (Wildman–Crippen LogP) is 1.42. The molecule has 4 nitrogen and oxygen atoms in total. The molecular formula is C11H18N2O2. The number of nitrogens with zero attached hydrogens (tertiary/aromatic N) is 2. The molecule has 0 aliphatic heterocycles. The molecule has 1 aromatic rings. The summed E-state index contributed by atoms with van der Waals surface area (Å²) >= 11 is 0. The van der Waals surface area contributed by atoms with Crippen molar-refractivity contribution in [3.8, 4) is 0 Å². The average Bonchev–Trinajstić information content (AvgIpc) is 2.17. The molecule has 15 heavy (non-hydrogen) atoms. The van der Waals surface area contributed by atoms with Crippen LogP contribution in [0, 0.1) is 6.92 Å². The largest absolute Gasteiger partial charge is 0.389 e. The zero-order valence-corrected chi connectivity index (χ0v) is 9.69. The summed E-state index contributed by atoms with van der Waals surface area (Å²) in [6.07, 6.45) is 1.97. The molecule has 1 heterocycles. The van der Waals surface area contributed by atoms with Crippen molar-refractivity contribution in [3.63, 3.8) is 0 Å². The highest BCUT2D eigenvalue weighted by molar-refractivity contribution is 5.18. The molecule has 0 amide bonds. The molecule has 0 saturated heterocycles. The van der Waals surface area contributed by atoms with Gasteiger partial charge < -0.3 is 9.84 Å². The topological polar surface area (TPSA) is 55.2 Å². The van der Waals surface area contributed by atoms with E-state index in [1.54, 1.807) is 20.2 Å². The second-order valence-corrected chi connectivity index (χ2v) is 3.75. The first kappa shape index (κ1) is 12.1. The first-order valence-corrected chi connectivity index (χ1v) is 5.08. The van der Waals surface area contributed by atoms with Crippen molar-refractivity contribution in [2.45, 2.75) is 39.4 Å². The minimum absolute atomic E-state index is 0.113. The number of hydrogen-bond acceptors (Lipinski definition) is 4. The Morgan fingerprint density at radius 1 is 1.47 bits per heavy atom. The second-order valence-electron chi connectivity index (χ2n) is 3.75. The van der Waals surface area contributed by atoms with E-state index in [2.05, 4.69) is 9.97 Å². The van der Waals surface area contributed by atoms with E-state index in [-0.39, 0.29) is 6.10 Å². The van der Waals surface area contributed by atoms with E-state index in [0.717, 1.165) is 17.1 Å². The Hall–Kier alpha value is -1.00. The first-order valence-electron chi connectivity index (χ1n) is 5.08. The summed E-state index contributed by atoms with van der Waals surface area (Å²) in [5, 5.41) is 9.42. The third-order valence-electron chi connectivity index (χ3n) is 2.39. The van der Waals surface area contributed by atoms with Crippen molar-refractivity contribution in [2.24, 2.45) is 0 Å². The molecule has 0 aliphatic carbocycles. The molecule has 0 saturated carbocycles. The standard InChI is InChI=1S/C11H18N2O2/c1-7(15-4)5-11-12-6-10(9(3)14)8(2)13-11/h6-7,9,14H,5H2,1-4H3/t7?,9-/m0/s1. The Bertz CT molecular complexity index is 326. The Balaban J connectivity index is 2.82. The SMILES string of the molecule is COC(C)Cc1ncc([C@H](C)O)c(C)n1. The maximum absolute atomic E-state index is 9.42. The van der Waals surface area contributed by atoms with Gasteiger partial charge in [0.2, 0.25) is 0 Å². The third kappa shape index (κ3) is 3.25. The lowest BCUT2D eigenvalue weighted by Gasteiger charge is -2.11. The molecule has 4 heteroatoms. The average molecular weight is 210 g/mol. The fourth-order valence-electron chi connectivity index (χ4n) is 1.37. The van der Waals surface area contributed by atoms with Gasteiger partial charge in [-0.3, -0.25) is 0 Å². The Morgan fingerprint density at radius 2 is 2.13 bits per heavy atom. The van der Waals surface area contributed by atoms with Crippen LogP contribution in [-0.4, -0.2) is 28.3 Å². The minimum Gasteiger partial charge on any atom is -0.389 e. The van der Waals surface area contributed by atoms with Gasteiger partial charge in [0.05, 0.1) is 12.2 Å². The number of aromatic nitrogens is 2. The van der Waals surface area contributed by atoms with Crippen molar-refractivity contribution in [1.29, 1.82) is 0 Å². The number of aliphatic hydroxyl groups excluding tert-OH is 1. The monoisotopic (exact) mass is 210 g/mol. The van der Waals surface area contributed by atoms with Gasteiger partial charge in [-0.05, 0) is 20.8 Å². The zero-order chi connectivity index (χ0) is 11.4. The van der Waals surface area contributed by atoms with Gasteiger partial charge in [-0.1, -0.05) is 0 Å². The van der Waals surface area contributed by atoms with Crippen LogP contribution in [0.2, 0.25) is 0 Å². The predicted molar refractivity (Wildman–Crippen MR) is 57.6 cm³/mol. The zero-order valence-electron chi connectivity index (χ0n) is 9.69. The Labute approximate surface area is 90.3 Å². The van der Waals surface area contributed by atoms with Gasteiger partial charge in [-0.15, -0.1) is 0 Å². The summed E-state index contributed by atoms with van der Waals surface area (Å²) in [6.45, 7) is 5.56. The van der Waals surface area contributed by atoms with Gasteiger partial charge in [0.15, 0.2) is 0 Å². The molecule has 84 valence electrons. The quantitative estimate of drug-likeness (QED) is 0.816. The van der Waals surface area contributed by atoms with E-state index in [1.807, 2.05) is 13.8 Å². The highest BCUT2D eigenvalue weighted by Crippen LogP contribution is 2.14. The van der Waals surface area contributed by atoms with Crippen LogP contribution in [0.1, 0.15) is 37.0 Å². The van der Waals surface area contributed by atoms with Crippen molar-refractivity contribution in [2.75, 3.05) is 7.11 Å². The van der Waals surface area contributed by atoms with Crippen LogP contribution in [0.25, 0.3) is 0 Å². The number of methoxy groups -OCH3 is 1. The van der Waals surface area contributed by atoms with Crippen LogP contribution >= 0.6 is 0 Å². The summed E-state index contributed by atoms with van der Waals surface area (Å²) < 4.78 is 5.14. The first-order chi connectivity index (χ1) is 7.04. The fourth-order valence-corrected chi connectivity index (χ4v) is 1.37. The molecule has 0 aromatic carbocycles. The number of aliphatic hydroxyl groups is 1. The lowest BCUT2D eigenvalue weighted by molar-refractivity contribution is 0.117. The van der Waals surface area contributed by atoms with E-state index in [1.165, 1.54) is 0 Å². The Morgan fingerprint density at radius 3 is 2.60 bits per heavy atom. The van der Waals surface area contributed by atoms with Crippen LogP contribution in [-0.2, 0) is 11.2 Å². The molecule has 0 bridgehead atoms.